The van der Waals surface area contributed by atoms with Crippen molar-refractivity contribution in [1.82, 2.24) is 9.80 Å². The first kappa shape index (κ1) is 18.8. The van der Waals surface area contributed by atoms with E-state index in [1.807, 2.05) is 0 Å². The van der Waals surface area contributed by atoms with Crippen LogP contribution in [0.5, 0.6) is 0 Å². The van der Waals surface area contributed by atoms with Crippen LogP contribution in [0.2, 0.25) is 0 Å². The molecule has 19 heavy (non-hydrogen) atoms. The summed E-state index contributed by atoms with van der Waals surface area (Å²) in [5.74, 6) is 0.475. The van der Waals surface area contributed by atoms with Crippen LogP contribution in [0.3, 0.4) is 0 Å². The van der Waals surface area contributed by atoms with Crippen molar-refractivity contribution in [2.24, 2.45) is 5.92 Å². The van der Waals surface area contributed by atoms with Crippen LogP contribution in [0, 0.1) is 5.92 Å². The van der Waals surface area contributed by atoms with Crippen molar-refractivity contribution in [3.8, 4) is 0 Å². The van der Waals surface area contributed by atoms with E-state index in [1.54, 1.807) is 14.2 Å². The average molecular weight is 274 g/mol. The normalized spacial score (nSPS) is 12.0. The van der Waals surface area contributed by atoms with E-state index in [9.17, 15) is 0 Å². The Labute approximate surface area is 120 Å². The van der Waals surface area contributed by atoms with E-state index in [4.69, 9.17) is 9.47 Å². The summed E-state index contributed by atoms with van der Waals surface area (Å²) in [5.41, 5.74) is 0. The Balaban J connectivity index is 3.69. The molecule has 0 aliphatic heterocycles. The van der Waals surface area contributed by atoms with Gasteiger partial charge in [0, 0.05) is 26.7 Å². The standard InChI is InChI=1S/C15H34N2O2/c1-6-17(7-2)11-9-8-10-16(3)12-15(13-18-4)14-19-5/h15H,6-14H2,1-5H3. The molecular weight excluding hydrogens is 240 g/mol. The van der Waals surface area contributed by atoms with Crippen molar-refractivity contribution in [2.75, 3.05) is 67.2 Å². The molecule has 0 unspecified atom stereocenters. The maximum atomic E-state index is 5.23. The largest absolute Gasteiger partial charge is 0.384 e. The monoisotopic (exact) mass is 274 g/mol. The second kappa shape index (κ2) is 12.9. The Morgan fingerprint density at radius 2 is 1.42 bits per heavy atom. The molecule has 0 amide bonds. The zero-order valence-electron chi connectivity index (χ0n) is 13.7. The van der Waals surface area contributed by atoms with Gasteiger partial charge in [0.1, 0.15) is 0 Å². The highest BCUT2D eigenvalue weighted by Gasteiger charge is 2.11. The third-order valence-corrected chi connectivity index (χ3v) is 3.53. The summed E-state index contributed by atoms with van der Waals surface area (Å²) in [6, 6.07) is 0. The summed E-state index contributed by atoms with van der Waals surface area (Å²) in [6.07, 6.45) is 2.55. The van der Waals surface area contributed by atoms with Crippen molar-refractivity contribution in [2.45, 2.75) is 26.7 Å². The lowest BCUT2D eigenvalue weighted by atomic mass is 10.1. The summed E-state index contributed by atoms with van der Waals surface area (Å²) >= 11 is 0. The summed E-state index contributed by atoms with van der Waals surface area (Å²) in [4.78, 5) is 4.88. The van der Waals surface area contributed by atoms with Crippen LogP contribution in [0.25, 0.3) is 0 Å². The molecule has 116 valence electrons. The Hall–Kier alpha value is -0.160. The number of unbranched alkanes of at least 4 members (excludes halogenated alkanes) is 1. The van der Waals surface area contributed by atoms with E-state index in [-0.39, 0.29) is 0 Å². The molecule has 0 aromatic heterocycles. The lowest BCUT2D eigenvalue weighted by molar-refractivity contribution is 0.0664. The Morgan fingerprint density at radius 1 is 0.895 bits per heavy atom. The van der Waals surface area contributed by atoms with Gasteiger partial charge < -0.3 is 19.3 Å². The second-order valence-electron chi connectivity index (χ2n) is 5.27. The predicted molar refractivity (Wildman–Crippen MR) is 81.8 cm³/mol. The molecule has 0 spiro atoms. The van der Waals surface area contributed by atoms with Gasteiger partial charge in [-0.25, -0.2) is 0 Å². The molecule has 0 aliphatic rings. The molecule has 0 atom stereocenters. The number of nitrogens with zero attached hydrogens (tertiary/aromatic N) is 2. The van der Waals surface area contributed by atoms with E-state index in [1.165, 1.54) is 19.4 Å². The van der Waals surface area contributed by atoms with Crippen LogP contribution in [0.15, 0.2) is 0 Å². The predicted octanol–water partition coefficient (Wildman–Crippen LogP) is 1.95. The van der Waals surface area contributed by atoms with Crippen LogP contribution in [0.4, 0.5) is 0 Å². The van der Waals surface area contributed by atoms with E-state index < -0.39 is 0 Å². The molecule has 4 heteroatoms. The van der Waals surface area contributed by atoms with Crippen molar-refractivity contribution in [1.29, 1.82) is 0 Å². The van der Waals surface area contributed by atoms with Crippen LogP contribution in [-0.2, 0) is 9.47 Å². The van der Waals surface area contributed by atoms with Crippen LogP contribution < -0.4 is 0 Å². The molecule has 0 saturated heterocycles. The smallest absolute Gasteiger partial charge is 0.0524 e. The average Bonchev–Trinajstić information content (AvgIpc) is 2.39. The number of hydrogen-bond donors (Lipinski definition) is 0. The molecule has 0 saturated carbocycles. The summed E-state index contributed by atoms with van der Waals surface area (Å²) < 4.78 is 10.5. The zero-order chi connectivity index (χ0) is 14.5. The highest BCUT2D eigenvalue weighted by atomic mass is 16.5. The molecule has 0 aromatic carbocycles. The van der Waals surface area contributed by atoms with Gasteiger partial charge in [0.05, 0.1) is 13.2 Å². The minimum atomic E-state index is 0.475. The lowest BCUT2D eigenvalue weighted by Crippen LogP contribution is -2.32. The van der Waals surface area contributed by atoms with E-state index >= 15 is 0 Å². The van der Waals surface area contributed by atoms with Crippen molar-refractivity contribution in [3.63, 3.8) is 0 Å². The SMILES string of the molecule is CCN(CC)CCCCN(C)CC(COC)COC. The Bertz CT molecular complexity index is 181. The fourth-order valence-electron chi connectivity index (χ4n) is 2.41. The molecule has 0 aliphatic carbocycles. The van der Waals surface area contributed by atoms with Gasteiger partial charge in [0.25, 0.3) is 0 Å². The highest BCUT2D eigenvalue weighted by Crippen LogP contribution is 2.03. The molecule has 0 aromatic rings. The summed E-state index contributed by atoms with van der Waals surface area (Å²) in [6.45, 7) is 11.8. The second-order valence-corrected chi connectivity index (χ2v) is 5.27. The molecule has 0 radical (unpaired) electrons. The van der Waals surface area contributed by atoms with Gasteiger partial charge in [-0.1, -0.05) is 13.8 Å². The molecule has 0 rings (SSSR count). The molecule has 0 heterocycles. The number of hydrogen-bond acceptors (Lipinski definition) is 4. The molecule has 0 fully saturated rings. The zero-order valence-corrected chi connectivity index (χ0v) is 13.7. The topological polar surface area (TPSA) is 24.9 Å². The Kier molecular flexibility index (Phi) is 12.7. The first-order valence-corrected chi connectivity index (χ1v) is 7.56. The first-order chi connectivity index (χ1) is 9.17. The van der Waals surface area contributed by atoms with Crippen molar-refractivity contribution >= 4 is 0 Å². The fraction of sp³-hybridized carbons (Fsp3) is 1.00. The van der Waals surface area contributed by atoms with Gasteiger partial charge in [-0.2, -0.15) is 0 Å². The van der Waals surface area contributed by atoms with E-state index in [0.29, 0.717) is 5.92 Å². The number of rotatable bonds is 13. The van der Waals surface area contributed by atoms with Crippen molar-refractivity contribution < 1.29 is 9.47 Å². The number of ether oxygens (including phenoxy) is 2. The molecular formula is C15H34N2O2. The van der Waals surface area contributed by atoms with E-state index in [2.05, 4.69) is 30.7 Å². The number of methoxy groups -OCH3 is 2. The minimum Gasteiger partial charge on any atom is -0.384 e. The van der Waals surface area contributed by atoms with Crippen LogP contribution >= 0.6 is 0 Å². The molecule has 4 nitrogen and oxygen atoms in total. The third kappa shape index (κ3) is 10.3. The van der Waals surface area contributed by atoms with Crippen LogP contribution in [0.1, 0.15) is 26.7 Å². The van der Waals surface area contributed by atoms with Gasteiger partial charge in [0.15, 0.2) is 0 Å². The van der Waals surface area contributed by atoms with Gasteiger partial charge in [0.2, 0.25) is 0 Å². The molecule has 0 N–H and O–H groups in total. The van der Waals surface area contributed by atoms with Gasteiger partial charge in [-0.05, 0) is 46.1 Å². The quantitative estimate of drug-likeness (QED) is 0.479. The molecule has 0 bridgehead atoms. The van der Waals surface area contributed by atoms with Crippen LogP contribution in [-0.4, -0.2) is 77.0 Å². The third-order valence-electron chi connectivity index (χ3n) is 3.53. The maximum absolute atomic E-state index is 5.23. The lowest BCUT2D eigenvalue weighted by Gasteiger charge is -2.24. The minimum absolute atomic E-state index is 0.475. The van der Waals surface area contributed by atoms with Gasteiger partial charge >= 0.3 is 0 Å². The fourth-order valence-corrected chi connectivity index (χ4v) is 2.41. The summed E-state index contributed by atoms with van der Waals surface area (Å²) in [5, 5.41) is 0. The Morgan fingerprint density at radius 3 is 1.89 bits per heavy atom. The summed E-state index contributed by atoms with van der Waals surface area (Å²) in [7, 11) is 5.70. The van der Waals surface area contributed by atoms with Crippen molar-refractivity contribution in [3.05, 3.63) is 0 Å². The van der Waals surface area contributed by atoms with Gasteiger partial charge in [-0.15, -0.1) is 0 Å². The maximum Gasteiger partial charge on any atom is 0.0524 e. The first-order valence-electron chi connectivity index (χ1n) is 7.56. The van der Waals surface area contributed by atoms with Gasteiger partial charge in [-0.3, -0.25) is 0 Å². The highest BCUT2D eigenvalue weighted by molar-refractivity contribution is 4.63. The van der Waals surface area contributed by atoms with E-state index in [0.717, 1.165) is 39.4 Å².